The molecule has 0 bridgehead atoms. The van der Waals surface area contributed by atoms with E-state index in [0.29, 0.717) is 44.2 Å². The minimum Gasteiger partial charge on any atom is -0.422 e. The van der Waals surface area contributed by atoms with E-state index in [2.05, 4.69) is 0 Å². The molecule has 0 amide bonds. The van der Waals surface area contributed by atoms with Crippen LogP contribution in [0.2, 0.25) is 0 Å². The average Bonchev–Trinajstić information content (AvgIpc) is 2.94. The Hall–Kier alpha value is -4.44. The molecule has 0 atom stereocenters. The molecular weight excluding hydrogens is 448 g/mol. The molecule has 0 saturated carbocycles. The molecule has 0 fully saturated rings. The van der Waals surface area contributed by atoms with Crippen molar-refractivity contribution in [2.75, 3.05) is 0 Å². The molecule has 0 N–H and O–H groups in total. The van der Waals surface area contributed by atoms with Crippen LogP contribution in [0.15, 0.2) is 97.1 Å². The van der Waals surface area contributed by atoms with Crippen LogP contribution in [0.4, 0.5) is 0 Å². The minimum absolute atomic E-state index is 0.429. The molecule has 0 aromatic heterocycles. The first-order valence-electron chi connectivity index (χ1n) is 12.1. The van der Waals surface area contributed by atoms with Crippen molar-refractivity contribution in [2.24, 2.45) is 0 Å². The van der Waals surface area contributed by atoms with E-state index in [-0.39, 0.29) is 0 Å². The van der Waals surface area contributed by atoms with Crippen LogP contribution >= 0.6 is 0 Å². The standard InChI is InChI=1S/C32H26O4/c1-3-21-11-9-13-23(19-21)31(33)35-29-25-15-5-7-17-27(25)30(28-18-8-6-16-26(28)29)36-32(34)24-14-10-12-22(4-2)20-24/h5-20H,3-4H2,1-2H3. The Bertz CT molecular complexity index is 1420. The van der Waals surface area contributed by atoms with E-state index in [1.807, 2.05) is 98.8 Å². The van der Waals surface area contributed by atoms with Crippen LogP contribution in [0.25, 0.3) is 21.5 Å². The van der Waals surface area contributed by atoms with Crippen molar-refractivity contribution in [3.63, 3.8) is 0 Å². The van der Waals surface area contributed by atoms with Gasteiger partial charge in [-0.15, -0.1) is 0 Å². The lowest BCUT2D eigenvalue weighted by atomic mass is 10.0. The predicted octanol–water partition coefficient (Wildman–Crippen LogP) is 7.56. The molecule has 0 aliphatic rings. The normalized spacial score (nSPS) is 10.9. The Morgan fingerprint density at radius 1 is 0.528 bits per heavy atom. The predicted molar refractivity (Wildman–Crippen MR) is 143 cm³/mol. The summed E-state index contributed by atoms with van der Waals surface area (Å²) in [5.41, 5.74) is 3.12. The summed E-state index contributed by atoms with van der Waals surface area (Å²) in [7, 11) is 0. The third-order valence-corrected chi connectivity index (χ3v) is 6.36. The van der Waals surface area contributed by atoms with Gasteiger partial charge in [-0.3, -0.25) is 0 Å². The van der Waals surface area contributed by atoms with Gasteiger partial charge in [0.1, 0.15) is 11.5 Å². The monoisotopic (exact) mass is 474 g/mol. The number of carbonyl (C=O) groups excluding carboxylic acids is 2. The van der Waals surface area contributed by atoms with E-state index in [0.717, 1.165) is 24.0 Å². The second-order valence-corrected chi connectivity index (χ2v) is 8.64. The fourth-order valence-corrected chi connectivity index (χ4v) is 4.41. The van der Waals surface area contributed by atoms with Gasteiger partial charge in [0.2, 0.25) is 0 Å². The molecule has 4 nitrogen and oxygen atoms in total. The SMILES string of the molecule is CCc1cccc(C(=O)Oc2c3ccccc3c(OC(=O)c3cccc(CC)c3)c3ccccc23)c1. The number of aryl methyl sites for hydroxylation is 2. The Labute approximate surface area is 210 Å². The number of ether oxygens (including phenoxy) is 2. The summed E-state index contributed by atoms with van der Waals surface area (Å²) in [6, 6.07) is 29.9. The van der Waals surface area contributed by atoms with E-state index in [4.69, 9.17) is 9.47 Å². The average molecular weight is 475 g/mol. The first-order valence-corrected chi connectivity index (χ1v) is 12.1. The number of benzene rings is 5. The molecule has 5 rings (SSSR count). The number of hydrogen-bond donors (Lipinski definition) is 0. The lowest BCUT2D eigenvalue weighted by Crippen LogP contribution is -2.11. The van der Waals surface area contributed by atoms with Crippen molar-refractivity contribution in [1.29, 1.82) is 0 Å². The molecule has 0 heterocycles. The highest BCUT2D eigenvalue weighted by Gasteiger charge is 2.21. The van der Waals surface area contributed by atoms with Crippen LogP contribution in [0.5, 0.6) is 11.5 Å². The van der Waals surface area contributed by atoms with E-state index in [9.17, 15) is 9.59 Å². The fourth-order valence-electron chi connectivity index (χ4n) is 4.41. The van der Waals surface area contributed by atoms with Gasteiger partial charge in [-0.25, -0.2) is 9.59 Å². The number of carbonyl (C=O) groups is 2. The van der Waals surface area contributed by atoms with Gasteiger partial charge in [0.25, 0.3) is 0 Å². The van der Waals surface area contributed by atoms with Crippen LogP contribution in [0.3, 0.4) is 0 Å². The molecule has 0 spiro atoms. The maximum atomic E-state index is 13.2. The third-order valence-electron chi connectivity index (χ3n) is 6.36. The van der Waals surface area contributed by atoms with Crippen molar-refractivity contribution in [3.05, 3.63) is 119 Å². The molecule has 5 aromatic rings. The van der Waals surface area contributed by atoms with Crippen molar-refractivity contribution in [2.45, 2.75) is 26.7 Å². The van der Waals surface area contributed by atoms with Crippen LogP contribution in [-0.2, 0) is 12.8 Å². The summed E-state index contributed by atoms with van der Waals surface area (Å²) < 4.78 is 12.0. The number of hydrogen-bond acceptors (Lipinski definition) is 4. The zero-order chi connectivity index (χ0) is 25.1. The summed E-state index contributed by atoms with van der Waals surface area (Å²) in [6.07, 6.45) is 1.66. The molecule has 178 valence electrons. The smallest absolute Gasteiger partial charge is 0.343 e. The molecule has 36 heavy (non-hydrogen) atoms. The van der Waals surface area contributed by atoms with Gasteiger partial charge in [0.15, 0.2) is 0 Å². The highest BCUT2D eigenvalue weighted by atomic mass is 16.5. The van der Waals surface area contributed by atoms with Crippen LogP contribution in [0.1, 0.15) is 45.7 Å². The molecule has 0 radical (unpaired) electrons. The van der Waals surface area contributed by atoms with E-state index >= 15 is 0 Å². The lowest BCUT2D eigenvalue weighted by Gasteiger charge is -2.16. The topological polar surface area (TPSA) is 52.6 Å². The molecule has 4 heteroatoms. The second kappa shape index (κ2) is 10.0. The van der Waals surface area contributed by atoms with Crippen LogP contribution in [-0.4, -0.2) is 11.9 Å². The van der Waals surface area contributed by atoms with Gasteiger partial charge in [-0.1, -0.05) is 86.6 Å². The number of fused-ring (bicyclic) bond motifs is 2. The molecule has 5 aromatic carbocycles. The van der Waals surface area contributed by atoms with Crippen molar-refractivity contribution in [1.82, 2.24) is 0 Å². The summed E-state index contributed by atoms with van der Waals surface area (Å²) in [6.45, 7) is 4.09. The molecule has 0 aliphatic heterocycles. The fraction of sp³-hybridized carbons (Fsp3) is 0.125. The summed E-state index contributed by atoms with van der Waals surface area (Å²) in [4.78, 5) is 26.3. The third kappa shape index (κ3) is 4.46. The Kier molecular flexibility index (Phi) is 6.50. The van der Waals surface area contributed by atoms with Crippen LogP contribution in [0, 0.1) is 0 Å². The zero-order valence-corrected chi connectivity index (χ0v) is 20.3. The van der Waals surface area contributed by atoms with Gasteiger partial charge in [0, 0.05) is 21.5 Å². The minimum atomic E-state index is -0.429. The Balaban J connectivity index is 1.62. The molecular formula is C32H26O4. The van der Waals surface area contributed by atoms with Gasteiger partial charge in [0.05, 0.1) is 11.1 Å². The van der Waals surface area contributed by atoms with Crippen LogP contribution < -0.4 is 9.47 Å². The van der Waals surface area contributed by atoms with E-state index < -0.39 is 11.9 Å². The quantitative estimate of drug-likeness (QED) is 0.145. The Morgan fingerprint density at radius 2 is 0.889 bits per heavy atom. The number of esters is 2. The summed E-state index contributed by atoms with van der Waals surface area (Å²) >= 11 is 0. The van der Waals surface area contributed by atoms with E-state index in [1.165, 1.54) is 0 Å². The zero-order valence-electron chi connectivity index (χ0n) is 20.3. The van der Waals surface area contributed by atoms with Crippen molar-refractivity contribution < 1.29 is 19.1 Å². The van der Waals surface area contributed by atoms with Gasteiger partial charge < -0.3 is 9.47 Å². The van der Waals surface area contributed by atoms with Crippen molar-refractivity contribution >= 4 is 33.5 Å². The first-order chi connectivity index (χ1) is 17.6. The van der Waals surface area contributed by atoms with Gasteiger partial charge >= 0.3 is 11.9 Å². The largest absolute Gasteiger partial charge is 0.422 e. The maximum Gasteiger partial charge on any atom is 0.343 e. The highest BCUT2D eigenvalue weighted by molar-refractivity contribution is 6.13. The molecule has 0 unspecified atom stereocenters. The van der Waals surface area contributed by atoms with E-state index in [1.54, 1.807) is 12.1 Å². The molecule has 0 aliphatic carbocycles. The molecule has 0 saturated heterocycles. The Morgan fingerprint density at radius 3 is 1.22 bits per heavy atom. The van der Waals surface area contributed by atoms with Crippen molar-refractivity contribution in [3.8, 4) is 11.5 Å². The first kappa shape index (κ1) is 23.3. The lowest BCUT2D eigenvalue weighted by molar-refractivity contribution is 0.0726. The summed E-state index contributed by atoms with van der Waals surface area (Å²) in [5.74, 6) is 0.0326. The van der Waals surface area contributed by atoms with Gasteiger partial charge in [-0.2, -0.15) is 0 Å². The maximum absolute atomic E-state index is 13.2. The second-order valence-electron chi connectivity index (χ2n) is 8.64. The van der Waals surface area contributed by atoms with Gasteiger partial charge in [-0.05, 0) is 48.2 Å². The summed E-state index contributed by atoms with van der Waals surface area (Å²) in [5, 5.41) is 2.78. The highest BCUT2D eigenvalue weighted by Crippen LogP contribution is 2.43. The number of rotatable bonds is 6.